The van der Waals surface area contributed by atoms with Gasteiger partial charge in [0.1, 0.15) is 5.60 Å². The third-order valence-corrected chi connectivity index (χ3v) is 6.90. The second-order valence-corrected chi connectivity index (χ2v) is 9.65. The molecule has 3 rings (SSSR count). The van der Waals surface area contributed by atoms with E-state index in [9.17, 15) is 19.0 Å². The molecular formula is C23H35ClF2N6O4+2. The van der Waals surface area contributed by atoms with Crippen LogP contribution in [0.5, 0.6) is 0 Å². The minimum atomic E-state index is -1.46. The Morgan fingerprint density at radius 3 is 2.78 bits per heavy atom. The summed E-state index contributed by atoms with van der Waals surface area (Å²) < 4.78 is 32.7. The molecule has 0 amide bonds. The van der Waals surface area contributed by atoms with Gasteiger partial charge in [-0.3, -0.25) is 5.32 Å². The van der Waals surface area contributed by atoms with Crippen molar-refractivity contribution in [1.29, 1.82) is 0 Å². The van der Waals surface area contributed by atoms with Gasteiger partial charge in [-0.05, 0) is 61.0 Å². The summed E-state index contributed by atoms with van der Waals surface area (Å²) in [7, 11) is 0. The van der Waals surface area contributed by atoms with Gasteiger partial charge in [-0.25, -0.2) is 19.6 Å². The van der Waals surface area contributed by atoms with Gasteiger partial charge >= 0.3 is 11.1 Å². The maximum atomic E-state index is 13.8. The van der Waals surface area contributed by atoms with E-state index < -0.39 is 29.5 Å². The maximum Gasteiger partial charge on any atom is 0.338 e. The number of nitrogen functional groups attached to an aromatic ring is 1. The fraction of sp³-hybridized carbons (Fsp3) is 0.565. The second kappa shape index (κ2) is 11.9. The number of aromatic nitrogens is 2. The Morgan fingerprint density at radius 2 is 2.14 bits per heavy atom. The van der Waals surface area contributed by atoms with E-state index in [2.05, 4.69) is 27.3 Å². The number of anilines is 2. The van der Waals surface area contributed by atoms with Gasteiger partial charge in [0.05, 0.1) is 38.0 Å². The number of ether oxygens (including phenoxy) is 1. The number of H-pyrrole nitrogens is 1. The Balaban J connectivity index is 1.68. The lowest BCUT2D eigenvalue weighted by molar-refractivity contribution is -0.583. The van der Waals surface area contributed by atoms with Crippen molar-refractivity contribution in [3.05, 3.63) is 41.2 Å². The van der Waals surface area contributed by atoms with Crippen LogP contribution in [0.25, 0.3) is 0 Å². The maximum absolute atomic E-state index is 13.8. The van der Waals surface area contributed by atoms with E-state index in [1.165, 1.54) is 13.8 Å². The van der Waals surface area contributed by atoms with Crippen molar-refractivity contribution in [1.82, 2.24) is 4.98 Å². The topological polar surface area (TPSA) is 164 Å². The van der Waals surface area contributed by atoms with Crippen LogP contribution in [0, 0.1) is 11.8 Å². The molecule has 0 bridgehead atoms. The molecule has 0 aliphatic heterocycles. The van der Waals surface area contributed by atoms with Crippen molar-refractivity contribution in [3.8, 4) is 0 Å². The van der Waals surface area contributed by atoms with Gasteiger partial charge in [0, 0.05) is 11.8 Å². The fourth-order valence-electron chi connectivity index (χ4n) is 4.54. The van der Waals surface area contributed by atoms with Crippen LogP contribution in [0.1, 0.15) is 26.7 Å². The highest BCUT2D eigenvalue weighted by Gasteiger charge is 2.52. The highest BCUT2D eigenvalue weighted by Crippen LogP contribution is 2.41. The van der Waals surface area contributed by atoms with Crippen LogP contribution >= 0.6 is 11.6 Å². The molecule has 13 heteroatoms. The number of nitrogens with two attached hydrogens (primary N) is 2. The van der Waals surface area contributed by atoms with Crippen LogP contribution in [-0.2, 0) is 4.74 Å². The van der Waals surface area contributed by atoms with E-state index in [4.69, 9.17) is 27.3 Å². The molecule has 0 aromatic carbocycles. The normalized spacial score (nSPS) is 30.4. The van der Waals surface area contributed by atoms with Gasteiger partial charge in [-0.1, -0.05) is 6.58 Å². The largest absolute Gasteiger partial charge is 0.394 e. The van der Waals surface area contributed by atoms with Gasteiger partial charge in [0.15, 0.2) is 11.7 Å². The molecule has 1 aromatic rings. The molecule has 0 spiro atoms. The number of hydrazine groups is 1. The van der Waals surface area contributed by atoms with E-state index in [-0.39, 0.29) is 36.4 Å². The van der Waals surface area contributed by atoms with Crippen LogP contribution in [0.15, 0.2) is 36.0 Å². The zero-order valence-electron chi connectivity index (χ0n) is 20.3. The molecule has 0 saturated heterocycles. The van der Waals surface area contributed by atoms with Crippen LogP contribution in [-0.4, -0.2) is 63.9 Å². The quantitative estimate of drug-likeness (QED) is 0.0891. The third-order valence-electron chi connectivity index (χ3n) is 6.73. The number of nitrogens with one attached hydrogen (secondary N) is 3. The predicted octanol–water partition coefficient (Wildman–Crippen LogP) is 0.622. The van der Waals surface area contributed by atoms with Crippen LogP contribution in [0.2, 0.25) is 5.28 Å². The summed E-state index contributed by atoms with van der Waals surface area (Å²) in [5.41, 5.74) is 2.02. The molecule has 0 radical (unpaired) electrons. The van der Waals surface area contributed by atoms with E-state index in [1.54, 1.807) is 5.32 Å². The van der Waals surface area contributed by atoms with Crippen molar-refractivity contribution in [3.63, 3.8) is 0 Å². The summed E-state index contributed by atoms with van der Waals surface area (Å²) in [4.78, 5) is 7.19. The number of halogens is 3. The summed E-state index contributed by atoms with van der Waals surface area (Å²) >= 11 is 6.20. The molecule has 10 N–H and O–H groups in total. The number of aliphatic hydroxyl groups is 3. The van der Waals surface area contributed by atoms with E-state index in [1.807, 2.05) is 0 Å². The first-order valence-corrected chi connectivity index (χ1v) is 12.1. The molecule has 6 atom stereocenters. The van der Waals surface area contributed by atoms with Gasteiger partial charge in [-0.15, -0.1) is 0 Å². The molecule has 36 heavy (non-hydrogen) atoms. The minimum absolute atomic E-state index is 0.0627. The van der Waals surface area contributed by atoms with Crippen molar-refractivity contribution in [2.75, 3.05) is 30.5 Å². The lowest BCUT2D eigenvalue weighted by atomic mass is 9.97. The number of hydrogen-bond acceptors (Lipinski definition) is 8. The zero-order valence-corrected chi connectivity index (χ0v) is 21.0. The van der Waals surface area contributed by atoms with E-state index in [0.29, 0.717) is 42.3 Å². The third kappa shape index (κ3) is 6.38. The molecule has 1 aromatic heterocycles. The van der Waals surface area contributed by atoms with Gasteiger partial charge in [-0.2, -0.15) is 0 Å². The molecule has 2 aliphatic rings. The lowest BCUT2D eigenvalue weighted by Gasteiger charge is -2.28. The number of allylic oxidation sites excluding steroid dienone is 4. The molecule has 1 heterocycles. The molecule has 2 aliphatic carbocycles. The van der Waals surface area contributed by atoms with Crippen LogP contribution in [0.3, 0.4) is 0 Å². The first-order chi connectivity index (χ1) is 17.0. The standard InChI is InChI=1S/C23H33ClF2N6O4/c1-4-14(25)15(26)7-11(2)13-9-16(13)29-21-18(32-27)20(30-22(24)31-21)28-10-12-8-17(36-6-5-33)23(3,35)19(12)34/h4,7,12-13,16-17,19,32-35H,2,5-6,8-10,27H2,1,3H3,(H2,28,29,30,31)/p+2. The number of nitrogens with zero attached hydrogens (tertiary/aromatic N) is 1. The zero-order chi connectivity index (χ0) is 26.6. The van der Waals surface area contributed by atoms with Gasteiger partial charge in [0.2, 0.25) is 5.69 Å². The monoisotopic (exact) mass is 532 g/mol. The Morgan fingerprint density at radius 1 is 1.42 bits per heavy atom. The van der Waals surface area contributed by atoms with Gasteiger partial charge < -0.3 is 30.8 Å². The Kier molecular flexibility index (Phi) is 9.39. The van der Waals surface area contributed by atoms with Gasteiger partial charge in [0.25, 0.3) is 5.82 Å². The van der Waals surface area contributed by atoms with E-state index in [0.717, 1.165) is 12.2 Å². The highest BCUT2D eigenvalue weighted by atomic mass is 35.5. The van der Waals surface area contributed by atoms with Crippen molar-refractivity contribution >= 4 is 28.9 Å². The Hall–Kier alpha value is -2.19. The fourth-order valence-corrected chi connectivity index (χ4v) is 4.73. The van der Waals surface area contributed by atoms with Crippen molar-refractivity contribution < 1.29 is 39.1 Å². The summed E-state index contributed by atoms with van der Waals surface area (Å²) in [6, 6.07) is -0.110. The number of rotatable bonds is 12. The Bertz CT molecular complexity index is 1020. The lowest BCUT2D eigenvalue weighted by Crippen LogP contribution is -2.81. The molecule has 6 unspecified atom stereocenters. The van der Waals surface area contributed by atoms with Crippen LogP contribution < -0.4 is 26.9 Å². The van der Waals surface area contributed by atoms with Crippen molar-refractivity contribution in [2.24, 2.45) is 17.7 Å². The van der Waals surface area contributed by atoms with Crippen molar-refractivity contribution in [2.45, 2.75) is 50.5 Å². The molecule has 200 valence electrons. The summed E-state index contributed by atoms with van der Waals surface area (Å²) in [6.07, 6.45) is 1.50. The summed E-state index contributed by atoms with van der Waals surface area (Å²) in [5, 5.41) is 35.4. The second-order valence-electron chi connectivity index (χ2n) is 9.29. The molecule has 2 fully saturated rings. The first-order valence-electron chi connectivity index (χ1n) is 11.7. The highest BCUT2D eigenvalue weighted by molar-refractivity contribution is 6.27. The average molecular weight is 533 g/mol. The molecular weight excluding hydrogens is 498 g/mol. The smallest absolute Gasteiger partial charge is 0.338 e. The molecule has 2 saturated carbocycles. The number of quaternary nitrogens is 1. The Labute approximate surface area is 213 Å². The van der Waals surface area contributed by atoms with Crippen LogP contribution in [0.4, 0.5) is 26.1 Å². The predicted molar refractivity (Wildman–Crippen MR) is 130 cm³/mol. The summed E-state index contributed by atoms with van der Waals surface area (Å²) in [6.45, 7) is 6.99. The number of aromatic amines is 1. The SMILES string of the molecule is C=C(C=C(F)C(F)=CC)C1CC1Nc1[nH+]c(Cl)nc([NH2+]CC2CC(OCCO)C(C)(O)C2O)c1NN. The van der Waals surface area contributed by atoms with E-state index >= 15 is 0 Å². The molecule has 10 nitrogen and oxygen atoms in total. The number of hydrogen-bond donors (Lipinski definition) is 7. The number of aliphatic hydroxyl groups excluding tert-OH is 2. The minimum Gasteiger partial charge on any atom is -0.394 e. The summed E-state index contributed by atoms with van der Waals surface area (Å²) in [5.74, 6) is 4.30. The average Bonchev–Trinajstić information content (AvgIpc) is 3.57. The first kappa shape index (κ1) is 28.4.